The summed E-state index contributed by atoms with van der Waals surface area (Å²) in [5.74, 6) is 1.00. The van der Waals surface area contributed by atoms with E-state index < -0.39 is 11.4 Å². The van der Waals surface area contributed by atoms with Crippen LogP contribution in [-0.4, -0.2) is 31.4 Å². The predicted molar refractivity (Wildman–Crippen MR) is 121 cm³/mol. The fraction of sp³-hybridized carbons (Fsp3) is 0.462. The molecule has 1 fully saturated rings. The number of rotatable bonds is 11. The molecular formula is C26H31NO5. The number of hydrogen-bond acceptors (Lipinski definition) is 5. The van der Waals surface area contributed by atoms with Crippen LogP contribution in [0, 0.1) is 17.2 Å². The number of aliphatic carboxylic acids is 1. The van der Waals surface area contributed by atoms with Gasteiger partial charge in [0.25, 0.3) is 0 Å². The van der Waals surface area contributed by atoms with Gasteiger partial charge in [-0.15, -0.1) is 0 Å². The molecule has 0 amide bonds. The Morgan fingerprint density at radius 3 is 2.34 bits per heavy atom. The number of hydrogen-bond donors (Lipinski definition) is 1. The molecule has 0 aliphatic heterocycles. The predicted octanol–water partition coefficient (Wildman–Crippen LogP) is 5.36. The van der Waals surface area contributed by atoms with Crippen molar-refractivity contribution >= 4 is 5.97 Å². The topological polar surface area (TPSA) is 88.8 Å². The summed E-state index contributed by atoms with van der Waals surface area (Å²) in [6.07, 6.45) is 4.90. The minimum atomic E-state index is -0.774. The fourth-order valence-corrected chi connectivity index (χ4v) is 4.18. The first kappa shape index (κ1) is 23.5. The molecule has 0 radical (unpaired) electrons. The van der Waals surface area contributed by atoms with Crippen molar-refractivity contribution in [3.05, 3.63) is 54.1 Å². The summed E-state index contributed by atoms with van der Waals surface area (Å²) in [5.41, 5.74) is 0.196. The number of ether oxygens (including phenoxy) is 3. The van der Waals surface area contributed by atoms with Crippen molar-refractivity contribution < 1.29 is 24.1 Å². The Hall–Kier alpha value is -3.20. The van der Waals surface area contributed by atoms with E-state index in [1.54, 1.807) is 7.11 Å². The van der Waals surface area contributed by atoms with Gasteiger partial charge < -0.3 is 19.3 Å². The summed E-state index contributed by atoms with van der Waals surface area (Å²) in [6.45, 7) is 1.22. The lowest BCUT2D eigenvalue weighted by Crippen LogP contribution is -2.32. The lowest BCUT2D eigenvalue weighted by molar-refractivity contribution is -0.143. The summed E-state index contributed by atoms with van der Waals surface area (Å²) in [5, 5.41) is 19.2. The quantitative estimate of drug-likeness (QED) is 0.476. The molecule has 0 unspecified atom stereocenters. The molecule has 0 saturated heterocycles. The zero-order valence-corrected chi connectivity index (χ0v) is 18.6. The number of carbonyl (C=O) groups is 1. The second-order valence-electron chi connectivity index (χ2n) is 8.24. The first-order valence-corrected chi connectivity index (χ1v) is 11.2. The van der Waals surface area contributed by atoms with Gasteiger partial charge in [-0.3, -0.25) is 4.79 Å². The molecule has 0 heterocycles. The second-order valence-corrected chi connectivity index (χ2v) is 8.24. The molecule has 1 aliphatic carbocycles. The van der Waals surface area contributed by atoms with Crippen molar-refractivity contribution in [1.29, 1.82) is 5.26 Å². The average molecular weight is 438 g/mol. The summed E-state index contributed by atoms with van der Waals surface area (Å²) in [4.78, 5) is 11.3. The lowest BCUT2D eigenvalue weighted by Gasteiger charge is -2.34. The van der Waals surface area contributed by atoms with Crippen molar-refractivity contribution in [3.63, 3.8) is 0 Å². The molecule has 0 atom stereocenters. The molecule has 170 valence electrons. The van der Waals surface area contributed by atoms with Gasteiger partial charge in [-0.25, -0.2) is 0 Å². The molecule has 3 rings (SSSR count). The van der Waals surface area contributed by atoms with E-state index in [-0.39, 0.29) is 5.92 Å². The molecule has 1 aliphatic rings. The average Bonchev–Trinajstić information content (AvgIpc) is 2.84. The number of unbranched alkanes of at least 4 members (excludes halogenated alkanes) is 2. The first-order chi connectivity index (χ1) is 15.6. The van der Waals surface area contributed by atoms with Crippen LogP contribution in [0.25, 0.3) is 0 Å². The van der Waals surface area contributed by atoms with E-state index in [4.69, 9.17) is 14.2 Å². The van der Waals surface area contributed by atoms with Crippen LogP contribution in [0.15, 0.2) is 48.5 Å². The number of methoxy groups -OCH3 is 1. The molecule has 0 spiro atoms. The molecular weight excluding hydrogens is 406 g/mol. The number of para-hydroxylation sites is 1. The van der Waals surface area contributed by atoms with E-state index in [9.17, 15) is 15.2 Å². The van der Waals surface area contributed by atoms with Gasteiger partial charge in [0, 0.05) is 0 Å². The van der Waals surface area contributed by atoms with Crippen LogP contribution >= 0.6 is 0 Å². The Balaban J connectivity index is 1.52. The Labute approximate surface area is 189 Å². The molecule has 6 heteroatoms. The van der Waals surface area contributed by atoms with Gasteiger partial charge in [0.1, 0.15) is 5.75 Å². The SMILES string of the molecule is COc1ccc(C2(C#N)CCC(C(=O)O)CC2)cc1OCCCCCOc1ccccc1. The number of nitrogens with zero attached hydrogens (tertiary/aromatic N) is 1. The largest absolute Gasteiger partial charge is 0.494 e. The molecule has 2 aromatic carbocycles. The summed E-state index contributed by atoms with van der Waals surface area (Å²) >= 11 is 0. The molecule has 2 aromatic rings. The highest BCUT2D eigenvalue weighted by Gasteiger charge is 2.39. The van der Waals surface area contributed by atoms with Crippen molar-refractivity contribution in [1.82, 2.24) is 0 Å². The van der Waals surface area contributed by atoms with E-state index in [2.05, 4.69) is 6.07 Å². The van der Waals surface area contributed by atoms with Gasteiger partial charge in [-0.05, 0) is 74.8 Å². The molecule has 6 nitrogen and oxygen atoms in total. The molecule has 0 bridgehead atoms. The van der Waals surface area contributed by atoms with Crippen LogP contribution in [0.1, 0.15) is 50.5 Å². The summed E-state index contributed by atoms with van der Waals surface area (Å²) < 4.78 is 17.2. The zero-order chi connectivity index (χ0) is 22.8. The van der Waals surface area contributed by atoms with Crippen molar-refractivity contribution in [2.24, 2.45) is 5.92 Å². The van der Waals surface area contributed by atoms with Gasteiger partial charge in [-0.2, -0.15) is 5.26 Å². The highest BCUT2D eigenvalue weighted by molar-refractivity contribution is 5.70. The maximum atomic E-state index is 11.3. The van der Waals surface area contributed by atoms with E-state index in [1.807, 2.05) is 48.5 Å². The second kappa shape index (κ2) is 11.4. The van der Waals surface area contributed by atoms with Gasteiger partial charge in [0.05, 0.1) is 37.7 Å². The van der Waals surface area contributed by atoms with Crippen LogP contribution < -0.4 is 14.2 Å². The minimum Gasteiger partial charge on any atom is -0.494 e. The van der Waals surface area contributed by atoms with Crippen molar-refractivity contribution in [2.45, 2.75) is 50.4 Å². The third-order valence-corrected chi connectivity index (χ3v) is 6.18. The van der Waals surface area contributed by atoms with Gasteiger partial charge in [-0.1, -0.05) is 24.3 Å². The number of carboxylic acids is 1. The van der Waals surface area contributed by atoms with Gasteiger partial charge >= 0.3 is 5.97 Å². The molecule has 32 heavy (non-hydrogen) atoms. The molecule has 1 N–H and O–H groups in total. The highest BCUT2D eigenvalue weighted by atomic mass is 16.5. The zero-order valence-electron chi connectivity index (χ0n) is 18.6. The lowest BCUT2D eigenvalue weighted by atomic mass is 9.67. The summed E-state index contributed by atoms with van der Waals surface area (Å²) in [6, 6.07) is 17.9. The Morgan fingerprint density at radius 2 is 1.72 bits per heavy atom. The van der Waals surface area contributed by atoms with Crippen LogP contribution in [0.3, 0.4) is 0 Å². The smallest absolute Gasteiger partial charge is 0.306 e. The maximum Gasteiger partial charge on any atom is 0.306 e. The first-order valence-electron chi connectivity index (χ1n) is 11.2. The number of nitriles is 1. The van der Waals surface area contributed by atoms with Crippen LogP contribution in [0.4, 0.5) is 0 Å². The molecule has 0 aromatic heterocycles. The van der Waals surface area contributed by atoms with Crippen LogP contribution in [-0.2, 0) is 10.2 Å². The van der Waals surface area contributed by atoms with E-state index >= 15 is 0 Å². The van der Waals surface area contributed by atoms with E-state index in [0.29, 0.717) is 50.4 Å². The molecule has 1 saturated carbocycles. The summed E-state index contributed by atoms with van der Waals surface area (Å²) in [7, 11) is 1.60. The fourth-order valence-electron chi connectivity index (χ4n) is 4.18. The monoisotopic (exact) mass is 437 g/mol. The van der Waals surface area contributed by atoms with Gasteiger partial charge in [0.15, 0.2) is 11.5 Å². The standard InChI is InChI=1S/C26H31NO5/c1-30-23-11-10-21(26(19-27)14-12-20(13-15-26)25(28)29)18-24(23)32-17-7-3-6-16-31-22-8-4-2-5-9-22/h2,4-5,8-11,18,20H,3,6-7,12-17H2,1H3,(H,28,29). The third-order valence-electron chi connectivity index (χ3n) is 6.18. The van der Waals surface area contributed by atoms with Crippen molar-refractivity contribution in [2.75, 3.05) is 20.3 Å². The van der Waals surface area contributed by atoms with Gasteiger partial charge in [0.2, 0.25) is 0 Å². The maximum absolute atomic E-state index is 11.3. The van der Waals surface area contributed by atoms with E-state index in [0.717, 1.165) is 30.6 Å². The van der Waals surface area contributed by atoms with Crippen LogP contribution in [0.5, 0.6) is 17.2 Å². The Kier molecular flexibility index (Phi) is 8.38. The minimum absolute atomic E-state index is 0.365. The Bertz CT molecular complexity index is 914. The number of carboxylic acid groups (broad SMARTS) is 1. The van der Waals surface area contributed by atoms with E-state index in [1.165, 1.54) is 0 Å². The normalized spacial score (nSPS) is 20.2. The Morgan fingerprint density at radius 1 is 1.03 bits per heavy atom. The highest BCUT2D eigenvalue weighted by Crippen LogP contribution is 2.43. The number of benzene rings is 2. The third kappa shape index (κ3) is 5.94. The van der Waals surface area contributed by atoms with Crippen LogP contribution in [0.2, 0.25) is 0 Å². The van der Waals surface area contributed by atoms with Crippen molar-refractivity contribution in [3.8, 4) is 23.3 Å².